The number of rotatable bonds is 3. The lowest BCUT2D eigenvalue weighted by Gasteiger charge is -2.37. The molecule has 2 atom stereocenters. The third-order valence-corrected chi connectivity index (χ3v) is 4.40. The van der Waals surface area contributed by atoms with Crippen molar-refractivity contribution in [3.05, 3.63) is 30.1 Å². The monoisotopic (exact) mass is 315 g/mol. The van der Waals surface area contributed by atoms with Crippen molar-refractivity contribution in [3.63, 3.8) is 0 Å². The molecule has 0 aliphatic carbocycles. The standard InChI is InChI=1S/C16H21N5O2/c1-11-4-5-12(2)20(9-11)16(22)13-6-7-15(23-3)14(8-13)21-10-17-18-19-21/h6-8,10-12H,4-5,9H2,1-3H3/t11-,12-/m0/s1. The molecule has 0 bridgehead atoms. The van der Waals surface area contributed by atoms with Crippen LogP contribution in [0.1, 0.15) is 37.0 Å². The topological polar surface area (TPSA) is 73.1 Å². The normalized spacial score (nSPS) is 21.3. The van der Waals surface area contributed by atoms with Gasteiger partial charge < -0.3 is 9.64 Å². The van der Waals surface area contributed by atoms with E-state index in [4.69, 9.17) is 4.74 Å². The Morgan fingerprint density at radius 1 is 1.30 bits per heavy atom. The number of methoxy groups -OCH3 is 1. The molecular weight excluding hydrogens is 294 g/mol. The van der Waals surface area contributed by atoms with Gasteiger partial charge in [0.2, 0.25) is 0 Å². The fourth-order valence-electron chi connectivity index (χ4n) is 3.01. The number of hydrogen-bond donors (Lipinski definition) is 0. The van der Waals surface area contributed by atoms with E-state index >= 15 is 0 Å². The quantitative estimate of drug-likeness (QED) is 0.865. The summed E-state index contributed by atoms with van der Waals surface area (Å²) in [5, 5.41) is 11.2. The molecule has 7 heteroatoms. The van der Waals surface area contributed by atoms with Crippen molar-refractivity contribution in [1.29, 1.82) is 0 Å². The third-order valence-electron chi connectivity index (χ3n) is 4.40. The number of carbonyl (C=O) groups is 1. The van der Waals surface area contributed by atoms with E-state index in [0.29, 0.717) is 22.9 Å². The Bertz CT molecular complexity index is 686. The Labute approximate surface area is 135 Å². The summed E-state index contributed by atoms with van der Waals surface area (Å²) in [5.74, 6) is 1.20. The fourth-order valence-corrected chi connectivity index (χ4v) is 3.01. The van der Waals surface area contributed by atoms with Crippen LogP contribution in [0.25, 0.3) is 5.69 Å². The van der Waals surface area contributed by atoms with E-state index in [2.05, 4.69) is 29.4 Å². The van der Waals surface area contributed by atoms with Crippen molar-refractivity contribution < 1.29 is 9.53 Å². The summed E-state index contributed by atoms with van der Waals surface area (Å²) < 4.78 is 6.84. The SMILES string of the molecule is COc1ccc(C(=O)N2C[C@@H](C)CC[C@@H]2C)cc1-n1cnnn1. The average molecular weight is 315 g/mol. The summed E-state index contributed by atoms with van der Waals surface area (Å²) in [5.41, 5.74) is 1.28. The van der Waals surface area contributed by atoms with E-state index in [9.17, 15) is 4.79 Å². The van der Waals surface area contributed by atoms with Crippen LogP contribution < -0.4 is 4.74 Å². The van der Waals surface area contributed by atoms with Crippen LogP contribution in [0.2, 0.25) is 0 Å². The molecule has 1 aromatic carbocycles. The first-order chi connectivity index (χ1) is 11.1. The van der Waals surface area contributed by atoms with E-state index in [1.54, 1.807) is 25.3 Å². The number of tetrazole rings is 1. The number of ether oxygens (including phenoxy) is 1. The molecule has 122 valence electrons. The zero-order chi connectivity index (χ0) is 16.4. The molecule has 2 heterocycles. The maximum Gasteiger partial charge on any atom is 0.254 e. The minimum Gasteiger partial charge on any atom is -0.494 e. The second-order valence-corrected chi connectivity index (χ2v) is 6.13. The van der Waals surface area contributed by atoms with Crippen LogP contribution >= 0.6 is 0 Å². The van der Waals surface area contributed by atoms with E-state index < -0.39 is 0 Å². The Hall–Kier alpha value is -2.44. The van der Waals surface area contributed by atoms with Gasteiger partial charge in [-0.3, -0.25) is 4.79 Å². The second kappa shape index (κ2) is 6.36. The van der Waals surface area contributed by atoms with Crippen LogP contribution in [0.3, 0.4) is 0 Å². The minimum atomic E-state index is 0.0426. The first-order valence-corrected chi connectivity index (χ1v) is 7.82. The van der Waals surface area contributed by atoms with Crippen molar-refractivity contribution in [1.82, 2.24) is 25.1 Å². The van der Waals surface area contributed by atoms with Gasteiger partial charge in [0.1, 0.15) is 17.8 Å². The van der Waals surface area contributed by atoms with Crippen LogP contribution in [-0.2, 0) is 0 Å². The number of hydrogen-bond acceptors (Lipinski definition) is 5. The predicted octanol–water partition coefficient (Wildman–Crippen LogP) is 1.93. The average Bonchev–Trinajstić information content (AvgIpc) is 3.10. The molecule has 1 saturated heterocycles. The van der Waals surface area contributed by atoms with Gasteiger partial charge in [-0.05, 0) is 54.3 Å². The molecule has 0 spiro atoms. The Kier molecular flexibility index (Phi) is 4.27. The van der Waals surface area contributed by atoms with Crippen LogP contribution in [0.4, 0.5) is 0 Å². The molecule has 1 aliphatic heterocycles. The lowest BCUT2D eigenvalue weighted by molar-refractivity contribution is 0.0574. The van der Waals surface area contributed by atoms with Crippen molar-refractivity contribution >= 4 is 5.91 Å². The third kappa shape index (κ3) is 3.04. The fraction of sp³-hybridized carbons (Fsp3) is 0.500. The summed E-state index contributed by atoms with van der Waals surface area (Å²) in [6.45, 7) is 5.09. The molecule has 1 fully saturated rings. The van der Waals surface area contributed by atoms with Gasteiger partial charge in [0, 0.05) is 18.2 Å². The number of carbonyl (C=O) groups excluding carboxylic acids is 1. The van der Waals surface area contributed by atoms with Crippen molar-refractivity contribution in [2.45, 2.75) is 32.7 Å². The highest BCUT2D eigenvalue weighted by Gasteiger charge is 2.28. The van der Waals surface area contributed by atoms with Crippen molar-refractivity contribution in [2.24, 2.45) is 5.92 Å². The van der Waals surface area contributed by atoms with Gasteiger partial charge in [0.05, 0.1) is 7.11 Å². The number of nitrogens with zero attached hydrogens (tertiary/aromatic N) is 5. The number of piperidine rings is 1. The van der Waals surface area contributed by atoms with Gasteiger partial charge in [0.25, 0.3) is 5.91 Å². The largest absolute Gasteiger partial charge is 0.494 e. The molecule has 1 amide bonds. The van der Waals surface area contributed by atoms with Crippen LogP contribution in [0.15, 0.2) is 24.5 Å². The molecule has 1 aliphatic rings. The number of likely N-dealkylation sites (tertiary alicyclic amines) is 1. The van der Waals surface area contributed by atoms with E-state index in [-0.39, 0.29) is 11.9 Å². The molecule has 3 rings (SSSR count). The van der Waals surface area contributed by atoms with E-state index in [1.807, 2.05) is 4.90 Å². The summed E-state index contributed by atoms with van der Waals surface area (Å²) in [6.07, 6.45) is 3.70. The molecule has 0 N–H and O–H groups in total. The second-order valence-electron chi connectivity index (χ2n) is 6.13. The highest BCUT2D eigenvalue weighted by atomic mass is 16.5. The predicted molar refractivity (Wildman–Crippen MR) is 84.6 cm³/mol. The summed E-state index contributed by atoms with van der Waals surface area (Å²) in [6, 6.07) is 5.62. The lowest BCUT2D eigenvalue weighted by atomic mass is 9.94. The van der Waals surface area contributed by atoms with Gasteiger partial charge >= 0.3 is 0 Å². The maximum atomic E-state index is 12.9. The zero-order valence-electron chi connectivity index (χ0n) is 13.6. The van der Waals surface area contributed by atoms with E-state index in [1.165, 1.54) is 17.4 Å². The highest BCUT2D eigenvalue weighted by Crippen LogP contribution is 2.27. The number of amides is 1. The molecule has 0 radical (unpaired) electrons. The summed E-state index contributed by atoms with van der Waals surface area (Å²) in [4.78, 5) is 14.9. The molecule has 0 unspecified atom stereocenters. The first kappa shape index (κ1) is 15.5. The van der Waals surface area contributed by atoms with Crippen molar-refractivity contribution in [2.75, 3.05) is 13.7 Å². The van der Waals surface area contributed by atoms with Gasteiger partial charge in [-0.25, -0.2) is 0 Å². The lowest BCUT2D eigenvalue weighted by Crippen LogP contribution is -2.44. The smallest absolute Gasteiger partial charge is 0.254 e. The van der Waals surface area contributed by atoms with Crippen LogP contribution in [-0.4, -0.2) is 50.7 Å². The molecule has 1 aromatic heterocycles. The molecular formula is C16H21N5O2. The maximum absolute atomic E-state index is 12.9. The zero-order valence-corrected chi connectivity index (χ0v) is 13.6. The van der Waals surface area contributed by atoms with Gasteiger partial charge in [-0.15, -0.1) is 5.10 Å². The van der Waals surface area contributed by atoms with Crippen LogP contribution in [0.5, 0.6) is 5.75 Å². The summed E-state index contributed by atoms with van der Waals surface area (Å²) >= 11 is 0. The minimum absolute atomic E-state index is 0.0426. The van der Waals surface area contributed by atoms with Gasteiger partial charge in [-0.2, -0.15) is 4.68 Å². The highest BCUT2D eigenvalue weighted by molar-refractivity contribution is 5.95. The van der Waals surface area contributed by atoms with Crippen molar-refractivity contribution in [3.8, 4) is 11.4 Å². The van der Waals surface area contributed by atoms with Gasteiger partial charge in [0.15, 0.2) is 0 Å². The Morgan fingerprint density at radius 2 is 2.13 bits per heavy atom. The Morgan fingerprint density at radius 3 is 2.83 bits per heavy atom. The van der Waals surface area contributed by atoms with E-state index in [0.717, 1.165) is 13.0 Å². The number of aromatic nitrogens is 4. The van der Waals surface area contributed by atoms with Gasteiger partial charge in [-0.1, -0.05) is 6.92 Å². The molecule has 7 nitrogen and oxygen atoms in total. The summed E-state index contributed by atoms with van der Waals surface area (Å²) in [7, 11) is 1.58. The first-order valence-electron chi connectivity index (χ1n) is 7.82. The molecule has 2 aromatic rings. The molecule has 23 heavy (non-hydrogen) atoms. The molecule has 0 saturated carbocycles. The Balaban J connectivity index is 1.93. The van der Waals surface area contributed by atoms with Crippen LogP contribution in [0, 0.1) is 5.92 Å². The number of benzene rings is 1.